The summed E-state index contributed by atoms with van der Waals surface area (Å²) in [5.74, 6) is -0.0225. The number of benzene rings is 1. The van der Waals surface area contributed by atoms with Crippen molar-refractivity contribution in [2.45, 2.75) is 52.1 Å². The third kappa shape index (κ3) is 4.49. The topological polar surface area (TPSA) is 66.9 Å². The number of piperidine rings is 1. The number of carbonyl (C=O) groups excluding carboxylic acids is 3. The molecule has 6 nitrogen and oxygen atoms in total. The average molecular weight is 372 g/mol. The van der Waals surface area contributed by atoms with Crippen LogP contribution in [0.2, 0.25) is 0 Å². The quantitative estimate of drug-likeness (QED) is 0.756. The van der Waals surface area contributed by atoms with Gasteiger partial charge in [-0.15, -0.1) is 0 Å². The van der Waals surface area contributed by atoms with Crippen molar-refractivity contribution in [3.8, 4) is 0 Å². The number of ether oxygens (including phenoxy) is 1. The summed E-state index contributed by atoms with van der Waals surface area (Å²) in [5.41, 5.74) is 0.503. The molecule has 0 radical (unpaired) electrons. The summed E-state index contributed by atoms with van der Waals surface area (Å²) in [6, 6.07) is 6.96. The van der Waals surface area contributed by atoms with Crippen molar-refractivity contribution in [2.24, 2.45) is 5.92 Å². The van der Waals surface area contributed by atoms with Gasteiger partial charge in [0.05, 0.1) is 11.1 Å². The summed E-state index contributed by atoms with van der Waals surface area (Å²) >= 11 is 0. The molecule has 0 unspecified atom stereocenters. The Bertz CT molecular complexity index is 703. The molecular weight excluding hydrogens is 344 g/mol. The van der Waals surface area contributed by atoms with Crippen molar-refractivity contribution in [1.29, 1.82) is 0 Å². The number of nitrogens with zero attached hydrogens (tertiary/aromatic N) is 2. The van der Waals surface area contributed by atoms with Gasteiger partial charge < -0.3 is 9.64 Å². The number of rotatable bonds is 4. The zero-order valence-electron chi connectivity index (χ0n) is 16.4. The Morgan fingerprint density at radius 2 is 1.78 bits per heavy atom. The zero-order chi connectivity index (χ0) is 19.6. The van der Waals surface area contributed by atoms with Crippen LogP contribution in [0, 0.1) is 5.92 Å². The molecule has 2 aliphatic rings. The minimum absolute atomic E-state index is 0.199. The Labute approximate surface area is 160 Å². The van der Waals surface area contributed by atoms with Gasteiger partial charge in [0, 0.05) is 19.6 Å². The Hall–Kier alpha value is -2.37. The monoisotopic (exact) mass is 372 g/mol. The molecule has 1 atom stereocenters. The van der Waals surface area contributed by atoms with Crippen molar-refractivity contribution >= 4 is 17.9 Å². The van der Waals surface area contributed by atoms with Crippen LogP contribution < -0.4 is 0 Å². The van der Waals surface area contributed by atoms with E-state index in [2.05, 4.69) is 0 Å². The van der Waals surface area contributed by atoms with Gasteiger partial charge in [-0.2, -0.15) is 0 Å². The highest BCUT2D eigenvalue weighted by Crippen LogP contribution is 2.25. The fourth-order valence-corrected chi connectivity index (χ4v) is 3.77. The van der Waals surface area contributed by atoms with Crippen LogP contribution in [0.25, 0.3) is 0 Å². The average Bonchev–Trinajstić information content (AvgIpc) is 2.86. The molecule has 2 aliphatic heterocycles. The summed E-state index contributed by atoms with van der Waals surface area (Å²) < 4.78 is 5.46. The minimum atomic E-state index is -0.491. The Morgan fingerprint density at radius 1 is 1.15 bits per heavy atom. The minimum Gasteiger partial charge on any atom is -0.444 e. The lowest BCUT2D eigenvalue weighted by molar-refractivity contribution is 0.0160. The van der Waals surface area contributed by atoms with E-state index in [9.17, 15) is 14.4 Å². The van der Waals surface area contributed by atoms with Crippen LogP contribution in [0.3, 0.4) is 0 Å². The van der Waals surface area contributed by atoms with Gasteiger partial charge in [0.25, 0.3) is 11.8 Å². The van der Waals surface area contributed by atoms with Crippen molar-refractivity contribution in [3.05, 3.63) is 35.4 Å². The smallest absolute Gasteiger partial charge is 0.410 e. The maximum Gasteiger partial charge on any atom is 0.410 e. The molecule has 0 N–H and O–H groups in total. The number of amides is 3. The zero-order valence-corrected chi connectivity index (χ0v) is 16.4. The van der Waals surface area contributed by atoms with Gasteiger partial charge in [0.1, 0.15) is 5.60 Å². The van der Waals surface area contributed by atoms with E-state index in [-0.39, 0.29) is 17.9 Å². The molecule has 0 bridgehead atoms. The second-order valence-electron chi connectivity index (χ2n) is 8.38. The predicted molar refractivity (Wildman–Crippen MR) is 102 cm³/mol. The fourth-order valence-electron chi connectivity index (χ4n) is 3.77. The largest absolute Gasteiger partial charge is 0.444 e. The summed E-state index contributed by atoms with van der Waals surface area (Å²) in [6.45, 7) is 7.44. The van der Waals surface area contributed by atoms with Crippen LogP contribution in [0.1, 0.15) is 67.2 Å². The molecule has 0 aromatic heterocycles. The molecule has 3 amide bonds. The number of hydrogen-bond donors (Lipinski definition) is 0. The number of imide groups is 1. The number of likely N-dealkylation sites (tertiary alicyclic amines) is 1. The molecule has 27 heavy (non-hydrogen) atoms. The fraction of sp³-hybridized carbons (Fsp3) is 0.571. The lowest BCUT2D eigenvalue weighted by atomic mass is 9.93. The second kappa shape index (κ2) is 7.71. The standard InChI is InChI=1S/C21H28N2O4/c1-21(2,3)27-20(26)22-12-6-8-15(14-22)9-7-13-23-18(24)16-10-4-5-11-17(16)19(23)25/h4-5,10-11,15H,6-9,12-14H2,1-3H3/t15-/m1/s1. The number of carbonyl (C=O) groups is 3. The molecule has 1 aromatic carbocycles. The van der Waals surface area contributed by atoms with E-state index < -0.39 is 5.60 Å². The predicted octanol–water partition coefficient (Wildman–Crippen LogP) is 3.71. The molecule has 2 heterocycles. The molecule has 1 fully saturated rings. The van der Waals surface area contributed by atoms with Gasteiger partial charge in [-0.25, -0.2) is 4.79 Å². The number of fused-ring (bicyclic) bond motifs is 1. The third-order valence-electron chi connectivity index (χ3n) is 5.04. The molecule has 3 rings (SSSR count). The molecule has 0 spiro atoms. The maximum absolute atomic E-state index is 12.4. The van der Waals surface area contributed by atoms with E-state index in [1.54, 1.807) is 29.2 Å². The lowest BCUT2D eigenvalue weighted by Crippen LogP contribution is -2.43. The Balaban J connectivity index is 1.49. The molecule has 1 saturated heterocycles. The third-order valence-corrected chi connectivity index (χ3v) is 5.04. The Morgan fingerprint density at radius 3 is 2.37 bits per heavy atom. The molecule has 1 aromatic rings. The number of hydrogen-bond acceptors (Lipinski definition) is 4. The van der Waals surface area contributed by atoms with Crippen LogP contribution in [-0.2, 0) is 4.74 Å². The van der Waals surface area contributed by atoms with Crippen LogP contribution in [0.4, 0.5) is 4.79 Å². The summed E-state index contributed by atoms with van der Waals surface area (Å²) in [6.07, 6.45) is 3.39. The van der Waals surface area contributed by atoms with E-state index in [1.807, 2.05) is 20.8 Å². The summed E-state index contributed by atoms with van der Waals surface area (Å²) in [4.78, 5) is 40.2. The van der Waals surface area contributed by atoms with Crippen molar-refractivity contribution in [1.82, 2.24) is 9.80 Å². The first-order chi connectivity index (χ1) is 12.8. The van der Waals surface area contributed by atoms with Crippen LogP contribution in [-0.4, -0.2) is 52.9 Å². The van der Waals surface area contributed by atoms with E-state index in [0.29, 0.717) is 30.1 Å². The van der Waals surface area contributed by atoms with Crippen molar-refractivity contribution in [3.63, 3.8) is 0 Å². The highest BCUT2D eigenvalue weighted by Gasteiger charge is 2.35. The van der Waals surface area contributed by atoms with E-state index in [1.165, 1.54) is 4.90 Å². The van der Waals surface area contributed by atoms with Gasteiger partial charge in [0.2, 0.25) is 0 Å². The van der Waals surface area contributed by atoms with Crippen LogP contribution >= 0.6 is 0 Å². The van der Waals surface area contributed by atoms with E-state index >= 15 is 0 Å². The van der Waals surface area contributed by atoms with Gasteiger partial charge in [-0.1, -0.05) is 12.1 Å². The summed E-state index contributed by atoms with van der Waals surface area (Å²) in [5, 5.41) is 0. The second-order valence-corrected chi connectivity index (χ2v) is 8.38. The van der Waals surface area contributed by atoms with Gasteiger partial charge in [0.15, 0.2) is 0 Å². The highest BCUT2D eigenvalue weighted by molar-refractivity contribution is 6.21. The molecule has 146 valence electrons. The van der Waals surface area contributed by atoms with Crippen LogP contribution in [0.5, 0.6) is 0 Å². The molecular formula is C21H28N2O4. The normalized spacial score (nSPS) is 20.0. The van der Waals surface area contributed by atoms with Gasteiger partial charge in [-0.3, -0.25) is 14.5 Å². The van der Waals surface area contributed by atoms with Crippen molar-refractivity contribution in [2.75, 3.05) is 19.6 Å². The first kappa shape index (κ1) is 19.4. The lowest BCUT2D eigenvalue weighted by Gasteiger charge is -2.34. The molecule has 6 heteroatoms. The van der Waals surface area contributed by atoms with E-state index in [0.717, 1.165) is 32.2 Å². The summed E-state index contributed by atoms with van der Waals surface area (Å²) in [7, 11) is 0. The molecule has 0 saturated carbocycles. The molecule has 0 aliphatic carbocycles. The van der Waals surface area contributed by atoms with Gasteiger partial charge >= 0.3 is 6.09 Å². The highest BCUT2D eigenvalue weighted by atomic mass is 16.6. The first-order valence-corrected chi connectivity index (χ1v) is 9.69. The van der Waals surface area contributed by atoms with Crippen LogP contribution in [0.15, 0.2) is 24.3 Å². The van der Waals surface area contributed by atoms with Gasteiger partial charge in [-0.05, 0) is 64.5 Å². The Kier molecular flexibility index (Phi) is 5.53. The van der Waals surface area contributed by atoms with Crippen molar-refractivity contribution < 1.29 is 19.1 Å². The van der Waals surface area contributed by atoms with E-state index in [4.69, 9.17) is 4.74 Å². The maximum atomic E-state index is 12.4. The first-order valence-electron chi connectivity index (χ1n) is 9.69. The SMILES string of the molecule is CC(C)(C)OC(=O)N1CCC[C@H](CCCN2C(=O)c3ccccc3C2=O)C1.